The maximum atomic E-state index is 14.3. The summed E-state index contributed by atoms with van der Waals surface area (Å²) in [5, 5.41) is 16.2. The fourth-order valence-electron chi connectivity index (χ4n) is 6.79. The van der Waals surface area contributed by atoms with Gasteiger partial charge in [0.25, 0.3) is 0 Å². The Morgan fingerprint density at radius 3 is 1.97 bits per heavy atom. The molecule has 65 heavy (non-hydrogen) atoms. The lowest BCUT2D eigenvalue weighted by molar-refractivity contribution is -0.153. The summed E-state index contributed by atoms with van der Waals surface area (Å²) < 4.78 is 15.9. The van der Waals surface area contributed by atoms with Gasteiger partial charge in [0.1, 0.15) is 42.4 Å². The summed E-state index contributed by atoms with van der Waals surface area (Å²) in [6.07, 6.45) is -0.172. The monoisotopic (exact) mass is 925 g/mol. The number of carbonyl (C=O) groups excluding carboxylic acids is 8. The van der Waals surface area contributed by atoms with Gasteiger partial charge in [0.05, 0.1) is 12.5 Å². The van der Waals surface area contributed by atoms with Crippen molar-refractivity contribution in [1.82, 2.24) is 36.8 Å². The number of alkyl carbamates (subject to hydrolysis) is 2. The zero-order valence-corrected chi connectivity index (χ0v) is 39.4. The van der Waals surface area contributed by atoms with E-state index in [2.05, 4.69) is 31.9 Å². The van der Waals surface area contributed by atoms with E-state index in [1.807, 2.05) is 74.5 Å². The van der Waals surface area contributed by atoms with Gasteiger partial charge in [0.15, 0.2) is 0 Å². The van der Waals surface area contributed by atoms with Gasteiger partial charge in [-0.1, -0.05) is 74.5 Å². The molecular weight excluding hydrogens is 859 g/mol. The third-order valence-electron chi connectivity index (χ3n) is 9.83. The molecule has 1 saturated heterocycles. The van der Waals surface area contributed by atoms with Crippen LogP contribution in [0.15, 0.2) is 60.7 Å². The van der Waals surface area contributed by atoms with Gasteiger partial charge in [-0.15, -0.1) is 11.8 Å². The molecule has 1 aliphatic heterocycles. The van der Waals surface area contributed by atoms with Gasteiger partial charge in [-0.2, -0.15) is 0 Å². The van der Waals surface area contributed by atoms with E-state index in [0.717, 1.165) is 22.9 Å². The maximum absolute atomic E-state index is 14.3. The minimum Gasteiger partial charge on any atom is -0.464 e. The predicted octanol–water partition coefficient (Wildman–Crippen LogP) is 3.71. The number of hydrogen-bond acceptors (Lipinski definition) is 12. The lowest BCUT2D eigenvalue weighted by atomic mass is 10.00. The van der Waals surface area contributed by atoms with Gasteiger partial charge < -0.3 is 51.0 Å². The number of thioether (sulfide) groups is 1. The van der Waals surface area contributed by atoms with E-state index < -0.39 is 77.6 Å². The number of nitrogens with zero attached hydrogens (tertiary/aromatic N) is 1. The van der Waals surface area contributed by atoms with Crippen molar-refractivity contribution in [2.45, 2.75) is 129 Å². The maximum Gasteiger partial charge on any atom is 0.408 e. The van der Waals surface area contributed by atoms with Gasteiger partial charge >= 0.3 is 18.2 Å². The molecule has 0 unspecified atom stereocenters. The summed E-state index contributed by atoms with van der Waals surface area (Å²) in [5.74, 6) is -3.42. The van der Waals surface area contributed by atoms with E-state index in [9.17, 15) is 38.4 Å². The number of rotatable bonds is 24. The molecule has 0 aliphatic carbocycles. The van der Waals surface area contributed by atoms with Crippen LogP contribution in [-0.4, -0.2) is 120 Å². The van der Waals surface area contributed by atoms with Crippen LogP contribution in [-0.2, 0) is 56.0 Å². The van der Waals surface area contributed by atoms with E-state index in [1.54, 1.807) is 27.7 Å². The van der Waals surface area contributed by atoms with Crippen LogP contribution in [0, 0.1) is 5.92 Å². The standard InChI is InChI=1S/C46H67N7O11S/c1-8-62-43(59)38-22-16-24-53(38)42(58)36(26-32-17-11-9-12-18-32)51-40(56)35(25-30(2)3)50-39(55)34(21-15-23-47-44(60)63-27-33-19-13-10-14-20-33)49-41(57)37(28-65-29-48-31(4)54)52-45(61)64-46(5,6)7/h9-14,17-20,30,34-38H,8,15-16,21-29H2,1-7H3,(H,47,60)(H,48,54)(H,49,57)(H,50,55)(H,51,56)(H,52,61)/t34-,35-,36+,37-,38-/m0/s1. The summed E-state index contributed by atoms with van der Waals surface area (Å²) >= 11 is 1.15. The molecule has 0 aromatic heterocycles. The first-order valence-corrected chi connectivity index (χ1v) is 23.2. The molecule has 0 spiro atoms. The van der Waals surface area contributed by atoms with Gasteiger partial charge in [-0.05, 0) is 76.8 Å². The molecule has 3 rings (SSSR count). The predicted molar refractivity (Wildman–Crippen MR) is 245 cm³/mol. The Kier molecular flexibility index (Phi) is 22.6. The molecule has 0 radical (unpaired) electrons. The minimum absolute atomic E-state index is 0.0161. The van der Waals surface area contributed by atoms with E-state index in [-0.39, 0.29) is 68.9 Å². The van der Waals surface area contributed by atoms with Crippen LogP contribution in [0.1, 0.15) is 91.7 Å². The van der Waals surface area contributed by atoms with E-state index in [0.29, 0.717) is 19.4 Å². The summed E-state index contributed by atoms with van der Waals surface area (Å²) in [4.78, 5) is 108. The second kappa shape index (κ2) is 27.5. The largest absolute Gasteiger partial charge is 0.464 e. The van der Waals surface area contributed by atoms with Crippen LogP contribution >= 0.6 is 11.8 Å². The Balaban J connectivity index is 1.87. The number of carbonyl (C=O) groups is 8. The molecule has 2 aromatic rings. The van der Waals surface area contributed by atoms with Crippen LogP contribution in [0.3, 0.4) is 0 Å². The third-order valence-corrected chi connectivity index (χ3v) is 10.7. The quantitative estimate of drug-likeness (QED) is 0.0383. The van der Waals surface area contributed by atoms with Crippen molar-refractivity contribution in [2.24, 2.45) is 5.92 Å². The first-order valence-electron chi connectivity index (χ1n) is 22.0. The van der Waals surface area contributed by atoms with Crippen molar-refractivity contribution in [3.8, 4) is 0 Å². The Morgan fingerprint density at radius 1 is 0.754 bits per heavy atom. The number of likely N-dealkylation sites (tertiary alicyclic amines) is 1. The van der Waals surface area contributed by atoms with Crippen molar-refractivity contribution in [1.29, 1.82) is 0 Å². The highest BCUT2D eigenvalue weighted by Gasteiger charge is 2.40. The SMILES string of the molecule is CCOC(=O)[C@@H]1CCCN1C(=O)[C@@H](Cc1ccccc1)NC(=O)[C@H](CC(C)C)NC(=O)[C@H](CCCNC(=O)OCc1ccccc1)NC(=O)[C@H](CSCNC(C)=O)NC(=O)OC(C)(C)C. The Bertz CT molecular complexity index is 1880. The Labute approximate surface area is 386 Å². The van der Waals surface area contributed by atoms with Gasteiger partial charge in [0.2, 0.25) is 29.5 Å². The lowest BCUT2D eigenvalue weighted by Crippen LogP contribution is -2.59. The average Bonchev–Trinajstić information content (AvgIpc) is 3.74. The molecule has 0 bridgehead atoms. The first kappa shape index (κ1) is 53.5. The lowest BCUT2D eigenvalue weighted by Gasteiger charge is -2.30. The molecule has 2 aromatic carbocycles. The molecule has 0 saturated carbocycles. The molecule has 1 fully saturated rings. The van der Waals surface area contributed by atoms with Gasteiger partial charge in [0, 0.05) is 32.2 Å². The minimum atomic E-state index is -1.29. The van der Waals surface area contributed by atoms with Crippen LogP contribution < -0.4 is 31.9 Å². The second-order valence-corrected chi connectivity index (χ2v) is 18.1. The molecular formula is C46H67N7O11S. The van der Waals surface area contributed by atoms with E-state index >= 15 is 0 Å². The smallest absolute Gasteiger partial charge is 0.408 e. The van der Waals surface area contributed by atoms with Crippen LogP contribution in [0.25, 0.3) is 0 Å². The number of benzene rings is 2. The van der Waals surface area contributed by atoms with Crippen LogP contribution in [0.2, 0.25) is 0 Å². The molecule has 18 nitrogen and oxygen atoms in total. The summed E-state index contributed by atoms with van der Waals surface area (Å²) in [5.41, 5.74) is 0.659. The summed E-state index contributed by atoms with van der Waals surface area (Å²) in [7, 11) is 0. The zero-order chi connectivity index (χ0) is 47.9. The average molecular weight is 926 g/mol. The highest BCUT2D eigenvalue weighted by molar-refractivity contribution is 7.99. The first-order chi connectivity index (χ1) is 30.9. The molecule has 19 heteroatoms. The van der Waals surface area contributed by atoms with E-state index in [1.165, 1.54) is 11.8 Å². The van der Waals surface area contributed by atoms with Crippen molar-refractivity contribution in [3.63, 3.8) is 0 Å². The highest BCUT2D eigenvalue weighted by atomic mass is 32.2. The van der Waals surface area contributed by atoms with Gasteiger partial charge in [-0.3, -0.25) is 24.0 Å². The zero-order valence-electron chi connectivity index (χ0n) is 38.6. The Morgan fingerprint density at radius 2 is 1.35 bits per heavy atom. The van der Waals surface area contributed by atoms with Crippen molar-refractivity contribution < 1.29 is 52.6 Å². The fourth-order valence-corrected chi connectivity index (χ4v) is 7.68. The molecule has 5 atom stereocenters. The topological polar surface area (TPSA) is 240 Å². The normalized spacial score (nSPS) is 15.3. The second-order valence-electron chi connectivity index (χ2n) is 17.0. The summed E-state index contributed by atoms with van der Waals surface area (Å²) in [6.45, 7) is 12.3. The molecule has 358 valence electrons. The van der Waals surface area contributed by atoms with Crippen molar-refractivity contribution in [3.05, 3.63) is 71.8 Å². The van der Waals surface area contributed by atoms with Crippen molar-refractivity contribution >= 4 is 59.5 Å². The molecule has 1 heterocycles. The van der Waals surface area contributed by atoms with Gasteiger partial charge in [-0.25, -0.2) is 14.4 Å². The van der Waals surface area contributed by atoms with E-state index in [4.69, 9.17) is 14.2 Å². The number of esters is 1. The van der Waals surface area contributed by atoms with Crippen molar-refractivity contribution in [2.75, 3.05) is 31.3 Å². The van der Waals surface area contributed by atoms with Crippen LogP contribution in [0.5, 0.6) is 0 Å². The molecule has 6 N–H and O–H groups in total. The summed E-state index contributed by atoms with van der Waals surface area (Å²) in [6, 6.07) is 12.6. The van der Waals surface area contributed by atoms with Crippen LogP contribution in [0.4, 0.5) is 9.59 Å². The molecule has 7 amide bonds. The fraction of sp³-hybridized carbons (Fsp3) is 0.565. The third kappa shape index (κ3) is 20.3. The highest BCUT2D eigenvalue weighted by Crippen LogP contribution is 2.21. The number of hydrogen-bond donors (Lipinski definition) is 6. The number of ether oxygens (including phenoxy) is 3. The number of nitrogens with one attached hydrogen (secondary N) is 6. The number of amides is 7. The molecule has 1 aliphatic rings. The Hall–Kier alpha value is -5.85.